The Bertz CT molecular complexity index is 615. The van der Waals surface area contributed by atoms with Crippen molar-refractivity contribution < 1.29 is 4.39 Å². The fourth-order valence-electron chi connectivity index (χ4n) is 1.45. The first-order chi connectivity index (χ1) is 8.61. The maximum atomic E-state index is 13.5. The molecule has 0 amide bonds. The van der Waals surface area contributed by atoms with Crippen molar-refractivity contribution in [3.8, 4) is 6.07 Å². The van der Waals surface area contributed by atoms with Crippen molar-refractivity contribution in [1.82, 2.24) is 0 Å². The van der Waals surface area contributed by atoms with E-state index in [1.807, 2.05) is 6.07 Å². The molecule has 0 heterocycles. The van der Waals surface area contributed by atoms with E-state index in [0.717, 1.165) is 0 Å². The van der Waals surface area contributed by atoms with E-state index < -0.39 is 5.82 Å². The minimum absolute atomic E-state index is 0.181. The topological polar surface area (TPSA) is 35.8 Å². The zero-order valence-corrected chi connectivity index (χ0v) is 10.6. The van der Waals surface area contributed by atoms with E-state index in [1.165, 1.54) is 12.1 Å². The summed E-state index contributed by atoms with van der Waals surface area (Å²) in [6.45, 7) is 0. The summed E-state index contributed by atoms with van der Waals surface area (Å²) in [5.74, 6) is -0.456. The SMILES string of the molecule is N#Cc1ccc(Nc2c(F)cccc2Cl)cc1Cl. The first-order valence-corrected chi connectivity index (χ1v) is 5.78. The minimum Gasteiger partial charge on any atom is -0.352 e. The fourth-order valence-corrected chi connectivity index (χ4v) is 1.88. The number of nitrogens with one attached hydrogen (secondary N) is 1. The van der Waals surface area contributed by atoms with Crippen LogP contribution < -0.4 is 5.32 Å². The van der Waals surface area contributed by atoms with E-state index in [-0.39, 0.29) is 10.7 Å². The smallest absolute Gasteiger partial charge is 0.148 e. The van der Waals surface area contributed by atoms with Gasteiger partial charge in [0.1, 0.15) is 11.9 Å². The largest absolute Gasteiger partial charge is 0.352 e. The predicted octanol–water partition coefficient (Wildman–Crippen LogP) is 4.75. The summed E-state index contributed by atoms with van der Waals surface area (Å²) in [6, 6.07) is 11.1. The average Bonchev–Trinajstić information content (AvgIpc) is 2.34. The van der Waals surface area contributed by atoms with Crippen molar-refractivity contribution in [3.63, 3.8) is 0 Å². The lowest BCUT2D eigenvalue weighted by Gasteiger charge is -2.10. The molecule has 90 valence electrons. The van der Waals surface area contributed by atoms with Gasteiger partial charge in [-0.3, -0.25) is 0 Å². The fraction of sp³-hybridized carbons (Fsp3) is 0. The quantitative estimate of drug-likeness (QED) is 0.862. The molecule has 0 radical (unpaired) electrons. The number of hydrogen-bond donors (Lipinski definition) is 1. The van der Waals surface area contributed by atoms with Crippen molar-refractivity contribution in [2.45, 2.75) is 0 Å². The third-order valence-corrected chi connectivity index (χ3v) is 2.95. The number of nitrogens with zero attached hydrogens (tertiary/aromatic N) is 1. The minimum atomic E-state index is -0.456. The Morgan fingerprint density at radius 3 is 2.50 bits per heavy atom. The Kier molecular flexibility index (Phi) is 3.71. The predicted molar refractivity (Wildman–Crippen MR) is 70.9 cm³/mol. The Morgan fingerprint density at radius 1 is 1.11 bits per heavy atom. The van der Waals surface area contributed by atoms with Crippen LogP contribution in [0.2, 0.25) is 10.0 Å². The van der Waals surface area contributed by atoms with E-state index >= 15 is 0 Å². The van der Waals surface area contributed by atoms with Gasteiger partial charge in [-0.05, 0) is 30.3 Å². The lowest BCUT2D eigenvalue weighted by Crippen LogP contribution is -1.95. The highest BCUT2D eigenvalue weighted by atomic mass is 35.5. The Labute approximate surface area is 114 Å². The van der Waals surface area contributed by atoms with Crippen LogP contribution in [-0.4, -0.2) is 0 Å². The molecule has 0 unspecified atom stereocenters. The zero-order chi connectivity index (χ0) is 13.1. The Morgan fingerprint density at radius 2 is 1.89 bits per heavy atom. The van der Waals surface area contributed by atoms with Crippen LogP contribution in [0.4, 0.5) is 15.8 Å². The van der Waals surface area contributed by atoms with Crippen LogP contribution in [0, 0.1) is 17.1 Å². The summed E-state index contributed by atoms with van der Waals surface area (Å²) >= 11 is 11.8. The van der Waals surface area contributed by atoms with Crippen molar-refractivity contribution in [2.24, 2.45) is 0 Å². The van der Waals surface area contributed by atoms with E-state index in [0.29, 0.717) is 16.3 Å². The van der Waals surface area contributed by atoms with Gasteiger partial charge in [-0.2, -0.15) is 5.26 Å². The van der Waals surface area contributed by atoms with Crippen LogP contribution in [0.15, 0.2) is 36.4 Å². The third-order valence-electron chi connectivity index (χ3n) is 2.32. The van der Waals surface area contributed by atoms with Gasteiger partial charge in [-0.1, -0.05) is 29.3 Å². The van der Waals surface area contributed by atoms with Gasteiger partial charge in [0.2, 0.25) is 0 Å². The zero-order valence-electron chi connectivity index (χ0n) is 9.05. The lowest BCUT2D eigenvalue weighted by atomic mass is 10.2. The lowest BCUT2D eigenvalue weighted by molar-refractivity contribution is 0.632. The molecule has 0 saturated heterocycles. The first-order valence-electron chi connectivity index (χ1n) is 5.02. The maximum Gasteiger partial charge on any atom is 0.148 e. The number of benzene rings is 2. The van der Waals surface area contributed by atoms with Crippen LogP contribution in [0.25, 0.3) is 0 Å². The van der Waals surface area contributed by atoms with Gasteiger partial charge in [0.25, 0.3) is 0 Å². The molecule has 0 bridgehead atoms. The van der Waals surface area contributed by atoms with E-state index in [9.17, 15) is 4.39 Å². The summed E-state index contributed by atoms with van der Waals surface area (Å²) in [7, 11) is 0. The molecule has 18 heavy (non-hydrogen) atoms. The highest BCUT2D eigenvalue weighted by Crippen LogP contribution is 2.29. The van der Waals surface area contributed by atoms with Crippen molar-refractivity contribution in [2.75, 3.05) is 5.32 Å². The van der Waals surface area contributed by atoms with Crippen molar-refractivity contribution in [3.05, 3.63) is 57.8 Å². The molecular formula is C13H7Cl2FN2. The molecule has 0 aliphatic rings. The molecule has 0 aliphatic heterocycles. The van der Waals surface area contributed by atoms with Gasteiger partial charge in [-0.15, -0.1) is 0 Å². The van der Waals surface area contributed by atoms with Gasteiger partial charge < -0.3 is 5.32 Å². The van der Waals surface area contributed by atoms with Gasteiger partial charge in [0.15, 0.2) is 0 Å². The van der Waals surface area contributed by atoms with Gasteiger partial charge in [0, 0.05) is 5.69 Å². The highest BCUT2D eigenvalue weighted by Gasteiger charge is 2.08. The monoisotopic (exact) mass is 280 g/mol. The second-order valence-corrected chi connectivity index (χ2v) is 4.34. The summed E-state index contributed by atoms with van der Waals surface area (Å²) in [5.41, 5.74) is 1.10. The Hall–Kier alpha value is -1.76. The standard InChI is InChI=1S/C13H7Cl2FN2/c14-10-2-1-3-12(16)13(10)18-9-5-4-8(7-17)11(15)6-9/h1-6,18H. The molecule has 0 aliphatic carbocycles. The van der Waals surface area contributed by atoms with E-state index in [4.69, 9.17) is 28.5 Å². The summed E-state index contributed by atoms with van der Waals surface area (Å²) < 4.78 is 13.5. The molecule has 2 aromatic carbocycles. The molecule has 2 nitrogen and oxygen atoms in total. The van der Waals surface area contributed by atoms with Crippen molar-refractivity contribution in [1.29, 1.82) is 5.26 Å². The molecule has 1 N–H and O–H groups in total. The number of hydrogen-bond acceptors (Lipinski definition) is 2. The molecule has 0 fully saturated rings. The van der Waals surface area contributed by atoms with Crippen LogP contribution in [0.5, 0.6) is 0 Å². The van der Waals surface area contributed by atoms with Gasteiger partial charge >= 0.3 is 0 Å². The molecule has 0 aromatic heterocycles. The molecule has 0 atom stereocenters. The van der Waals surface area contributed by atoms with Crippen LogP contribution in [0.1, 0.15) is 5.56 Å². The van der Waals surface area contributed by atoms with Gasteiger partial charge in [0.05, 0.1) is 21.3 Å². The first kappa shape index (κ1) is 12.7. The second-order valence-electron chi connectivity index (χ2n) is 3.53. The number of para-hydroxylation sites is 1. The average molecular weight is 281 g/mol. The summed E-state index contributed by atoms with van der Waals surface area (Å²) in [5, 5.41) is 12.2. The van der Waals surface area contributed by atoms with E-state index in [2.05, 4.69) is 5.32 Å². The van der Waals surface area contributed by atoms with Crippen LogP contribution in [-0.2, 0) is 0 Å². The van der Waals surface area contributed by atoms with E-state index in [1.54, 1.807) is 24.3 Å². The highest BCUT2D eigenvalue weighted by molar-refractivity contribution is 6.33. The second kappa shape index (κ2) is 5.26. The summed E-state index contributed by atoms with van der Waals surface area (Å²) in [4.78, 5) is 0. The molecular weight excluding hydrogens is 274 g/mol. The Balaban J connectivity index is 2.35. The number of rotatable bonds is 2. The number of nitriles is 1. The molecule has 0 spiro atoms. The molecule has 2 rings (SSSR count). The maximum absolute atomic E-state index is 13.5. The molecule has 2 aromatic rings. The molecule has 0 saturated carbocycles. The third kappa shape index (κ3) is 2.56. The number of halogens is 3. The van der Waals surface area contributed by atoms with Gasteiger partial charge in [-0.25, -0.2) is 4.39 Å². The normalized spacial score (nSPS) is 9.89. The molecule has 5 heteroatoms. The summed E-state index contributed by atoms with van der Waals surface area (Å²) in [6.07, 6.45) is 0. The van der Waals surface area contributed by atoms with Crippen LogP contribution >= 0.6 is 23.2 Å². The number of anilines is 2. The van der Waals surface area contributed by atoms with Crippen LogP contribution in [0.3, 0.4) is 0 Å². The van der Waals surface area contributed by atoms with Crippen molar-refractivity contribution >= 4 is 34.6 Å².